The number of halogens is 3. The molecular formula is C22H24F3N5O2. The van der Waals surface area contributed by atoms with Gasteiger partial charge < -0.3 is 5.32 Å². The molecule has 1 N–H and O–H groups in total. The maximum Gasteiger partial charge on any atom is 0.416 e. The number of carbonyl (C=O) groups excluding carboxylic acids is 1. The standard InChI is InChI=1S/C22H24F3N5O2/c23-22(24,25)17-7-3-6-16(10-17)13-29-14-27-20-18(21(29)32)12-28-30(20)9-8-26-19(31)11-15-4-1-2-5-15/h3,6-7,10,12,14-15H,1-2,4-5,8-9,11,13H2,(H,26,31). The first-order valence-corrected chi connectivity index (χ1v) is 10.6. The zero-order chi connectivity index (χ0) is 22.7. The lowest BCUT2D eigenvalue weighted by Crippen LogP contribution is -2.29. The van der Waals surface area contributed by atoms with Crippen LogP contribution < -0.4 is 10.9 Å². The van der Waals surface area contributed by atoms with Crippen molar-refractivity contribution in [3.63, 3.8) is 0 Å². The fraction of sp³-hybridized carbons (Fsp3) is 0.455. The predicted octanol–water partition coefficient (Wildman–Crippen LogP) is 3.36. The molecule has 1 saturated carbocycles. The van der Waals surface area contributed by atoms with Gasteiger partial charge in [0, 0.05) is 13.0 Å². The van der Waals surface area contributed by atoms with Crippen molar-refractivity contribution in [3.8, 4) is 0 Å². The molecule has 0 atom stereocenters. The highest BCUT2D eigenvalue weighted by molar-refractivity contribution is 5.76. The Balaban J connectivity index is 1.42. The average Bonchev–Trinajstić information content (AvgIpc) is 3.40. The van der Waals surface area contributed by atoms with Gasteiger partial charge in [0.25, 0.3) is 5.56 Å². The molecule has 10 heteroatoms. The quantitative estimate of drug-likeness (QED) is 0.602. The highest BCUT2D eigenvalue weighted by Gasteiger charge is 2.30. The number of benzene rings is 1. The molecule has 0 spiro atoms. The summed E-state index contributed by atoms with van der Waals surface area (Å²) in [7, 11) is 0. The van der Waals surface area contributed by atoms with Crippen LogP contribution in [0.3, 0.4) is 0 Å². The van der Waals surface area contributed by atoms with Crippen LogP contribution in [0, 0.1) is 5.92 Å². The van der Waals surface area contributed by atoms with Crippen LogP contribution in [0.2, 0.25) is 0 Å². The first-order valence-electron chi connectivity index (χ1n) is 10.6. The van der Waals surface area contributed by atoms with E-state index in [1.54, 1.807) is 4.68 Å². The molecule has 170 valence electrons. The molecule has 0 saturated heterocycles. The molecule has 2 heterocycles. The predicted molar refractivity (Wildman–Crippen MR) is 112 cm³/mol. The van der Waals surface area contributed by atoms with Crippen LogP contribution >= 0.6 is 0 Å². The van der Waals surface area contributed by atoms with Crippen LogP contribution in [0.4, 0.5) is 13.2 Å². The zero-order valence-electron chi connectivity index (χ0n) is 17.4. The minimum atomic E-state index is -4.45. The van der Waals surface area contributed by atoms with Crippen molar-refractivity contribution >= 4 is 16.9 Å². The minimum absolute atomic E-state index is 0.0183. The lowest BCUT2D eigenvalue weighted by Gasteiger charge is -2.11. The number of aromatic nitrogens is 4. The number of rotatable bonds is 7. The Morgan fingerprint density at radius 3 is 2.75 bits per heavy atom. The SMILES string of the molecule is O=C(CC1CCCC1)NCCn1ncc2c(=O)n(Cc3cccc(C(F)(F)F)c3)cnc21. The number of alkyl halides is 3. The summed E-state index contributed by atoms with van der Waals surface area (Å²) in [6.45, 7) is 0.704. The molecule has 3 aromatic rings. The molecule has 1 fully saturated rings. The van der Waals surface area contributed by atoms with Gasteiger partial charge in [0.2, 0.25) is 5.91 Å². The summed E-state index contributed by atoms with van der Waals surface area (Å²) in [5.74, 6) is 0.488. The highest BCUT2D eigenvalue weighted by Crippen LogP contribution is 2.29. The van der Waals surface area contributed by atoms with E-state index in [2.05, 4.69) is 15.4 Å². The van der Waals surface area contributed by atoms with E-state index < -0.39 is 11.7 Å². The van der Waals surface area contributed by atoms with Gasteiger partial charge in [0.15, 0.2) is 5.65 Å². The summed E-state index contributed by atoms with van der Waals surface area (Å²) in [4.78, 5) is 29.1. The maximum atomic E-state index is 12.9. The minimum Gasteiger partial charge on any atom is -0.354 e. The van der Waals surface area contributed by atoms with Crippen molar-refractivity contribution in [1.82, 2.24) is 24.6 Å². The molecule has 0 radical (unpaired) electrons. The first kappa shape index (κ1) is 22.0. The Morgan fingerprint density at radius 2 is 2.00 bits per heavy atom. The Morgan fingerprint density at radius 1 is 1.22 bits per heavy atom. The second-order valence-corrected chi connectivity index (χ2v) is 8.19. The Hall–Kier alpha value is -3.17. The molecule has 0 aliphatic heterocycles. The summed E-state index contributed by atoms with van der Waals surface area (Å²) in [5, 5.41) is 7.35. The van der Waals surface area contributed by atoms with Gasteiger partial charge >= 0.3 is 6.18 Å². The number of hydrogen-bond donors (Lipinski definition) is 1. The molecular weight excluding hydrogens is 423 g/mol. The monoisotopic (exact) mass is 447 g/mol. The van der Waals surface area contributed by atoms with E-state index in [0.29, 0.717) is 36.6 Å². The molecule has 1 aliphatic rings. The number of nitrogens with one attached hydrogen (secondary N) is 1. The number of amides is 1. The summed E-state index contributed by atoms with van der Waals surface area (Å²) in [6, 6.07) is 4.86. The van der Waals surface area contributed by atoms with Crippen molar-refractivity contribution in [2.24, 2.45) is 5.92 Å². The third-order valence-corrected chi connectivity index (χ3v) is 5.82. The van der Waals surface area contributed by atoms with Gasteiger partial charge in [0.05, 0.1) is 24.8 Å². The lowest BCUT2D eigenvalue weighted by molar-refractivity contribution is -0.137. The normalized spacial score (nSPS) is 14.8. The highest BCUT2D eigenvalue weighted by atomic mass is 19.4. The first-order chi connectivity index (χ1) is 15.3. The van der Waals surface area contributed by atoms with Crippen molar-refractivity contribution in [2.45, 2.75) is 51.4 Å². The summed E-state index contributed by atoms with van der Waals surface area (Å²) in [5.41, 5.74) is -0.426. The molecule has 1 amide bonds. The smallest absolute Gasteiger partial charge is 0.354 e. The summed E-state index contributed by atoms with van der Waals surface area (Å²) >= 11 is 0. The zero-order valence-corrected chi connectivity index (χ0v) is 17.4. The Labute approximate surface area is 182 Å². The van der Waals surface area contributed by atoms with Gasteiger partial charge in [-0.1, -0.05) is 25.0 Å². The number of fused-ring (bicyclic) bond motifs is 1. The van der Waals surface area contributed by atoms with E-state index in [9.17, 15) is 22.8 Å². The van der Waals surface area contributed by atoms with Crippen LogP contribution in [0.15, 0.2) is 41.6 Å². The molecule has 0 bridgehead atoms. The van der Waals surface area contributed by atoms with E-state index in [0.717, 1.165) is 25.0 Å². The third kappa shape index (κ3) is 5.00. The van der Waals surface area contributed by atoms with Crippen molar-refractivity contribution in [1.29, 1.82) is 0 Å². The van der Waals surface area contributed by atoms with E-state index in [4.69, 9.17) is 0 Å². The molecule has 7 nitrogen and oxygen atoms in total. The van der Waals surface area contributed by atoms with E-state index in [-0.39, 0.29) is 23.4 Å². The van der Waals surface area contributed by atoms with E-state index in [1.807, 2.05) is 0 Å². The van der Waals surface area contributed by atoms with E-state index in [1.165, 1.54) is 42.1 Å². The third-order valence-electron chi connectivity index (χ3n) is 5.82. The second-order valence-electron chi connectivity index (χ2n) is 8.19. The number of hydrogen-bond acceptors (Lipinski definition) is 4. The van der Waals surface area contributed by atoms with E-state index >= 15 is 0 Å². The largest absolute Gasteiger partial charge is 0.416 e. The summed E-state index contributed by atoms with van der Waals surface area (Å²) < 4.78 is 41.6. The van der Waals surface area contributed by atoms with Crippen molar-refractivity contribution in [2.75, 3.05) is 6.54 Å². The van der Waals surface area contributed by atoms with Gasteiger partial charge in [-0.2, -0.15) is 18.3 Å². The van der Waals surface area contributed by atoms with Gasteiger partial charge in [-0.15, -0.1) is 0 Å². The van der Waals surface area contributed by atoms with Gasteiger partial charge in [-0.3, -0.25) is 14.2 Å². The van der Waals surface area contributed by atoms with Crippen LogP contribution in [-0.4, -0.2) is 31.8 Å². The number of nitrogens with zero attached hydrogens (tertiary/aromatic N) is 4. The van der Waals surface area contributed by atoms with Crippen molar-refractivity contribution < 1.29 is 18.0 Å². The van der Waals surface area contributed by atoms with Crippen LogP contribution in [-0.2, 0) is 24.1 Å². The Kier molecular flexibility index (Phi) is 6.29. The fourth-order valence-corrected chi connectivity index (χ4v) is 4.17. The van der Waals surface area contributed by atoms with Gasteiger partial charge in [-0.05, 0) is 36.5 Å². The van der Waals surface area contributed by atoms with Crippen LogP contribution in [0.1, 0.15) is 43.2 Å². The topological polar surface area (TPSA) is 81.8 Å². The number of carbonyl (C=O) groups is 1. The van der Waals surface area contributed by atoms with Gasteiger partial charge in [-0.25, -0.2) is 9.67 Å². The molecule has 2 aromatic heterocycles. The molecule has 32 heavy (non-hydrogen) atoms. The van der Waals surface area contributed by atoms with Crippen LogP contribution in [0.25, 0.3) is 11.0 Å². The van der Waals surface area contributed by atoms with Crippen LogP contribution in [0.5, 0.6) is 0 Å². The molecule has 1 aromatic carbocycles. The van der Waals surface area contributed by atoms with Gasteiger partial charge in [0.1, 0.15) is 11.7 Å². The molecule has 4 rings (SSSR count). The average molecular weight is 447 g/mol. The van der Waals surface area contributed by atoms with Crippen molar-refractivity contribution in [3.05, 3.63) is 58.3 Å². The fourth-order valence-electron chi connectivity index (χ4n) is 4.17. The summed E-state index contributed by atoms with van der Waals surface area (Å²) in [6.07, 6.45) is 3.38. The maximum absolute atomic E-state index is 12.9. The molecule has 1 aliphatic carbocycles. The second kappa shape index (κ2) is 9.13. The molecule has 0 unspecified atom stereocenters. The Bertz CT molecular complexity index is 1160. The lowest BCUT2D eigenvalue weighted by atomic mass is 10.0.